The van der Waals surface area contributed by atoms with Crippen molar-refractivity contribution in [2.24, 2.45) is 16.3 Å². The summed E-state index contributed by atoms with van der Waals surface area (Å²) in [5.41, 5.74) is 6.32. The van der Waals surface area contributed by atoms with E-state index in [-0.39, 0.29) is 5.84 Å². The summed E-state index contributed by atoms with van der Waals surface area (Å²) in [5, 5.41) is 6.01. The number of carbonyl (C=O) groups excluding carboxylic acids is 1. The molecule has 0 aromatic heterocycles. The summed E-state index contributed by atoms with van der Waals surface area (Å²) in [6.07, 6.45) is 0.443. The van der Waals surface area contributed by atoms with Crippen LogP contribution in [-0.2, 0) is 16.1 Å². The fourth-order valence-corrected chi connectivity index (χ4v) is 1.91. The van der Waals surface area contributed by atoms with Gasteiger partial charge in [0.15, 0.2) is 0 Å². The first-order valence-corrected chi connectivity index (χ1v) is 6.88. The topological polar surface area (TPSA) is 64.7 Å². The van der Waals surface area contributed by atoms with Crippen LogP contribution in [0, 0.1) is 5.41 Å². The van der Waals surface area contributed by atoms with Gasteiger partial charge in [-0.3, -0.25) is 0 Å². The molecular weight excluding hydrogens is 264 g/mol. The van der Waals surface area contributed by atoms with E-state index in [0.717, 1.165) is 16.3 Å². The van der Waals surface area contributed by atoms with Crippen molar-refractivity contribution in [1.29, 1.82) is 0 Å². The molecule has 0 bridgehead atoms. The van der Waals surface area contributed by atoms with Crippen molar-refractivity contribution in [1.82, 2.24) is 0 Å². The minimum absolute atomic E-state index is 0.281. The predicted molar refractivity (Wildman–Crippen MR) is 84.8 cm³/mol. The number of benzene rings is 2. The molecule has 0 fully saturated rings. The molecule has 0 unspecified atom stereocenters. The van der Waals surface area contributed by atoms with Gasteiger partial charge in [-0.15, -0.1) is 0 Å². The minimum atomic E-state index is -0.594. The van der Waals surface area contributed by atoms with Crippen LogP contribution in [0.1, 0.15) is 26.3 Å². The lowest BCUT2D eigenvalue weighted by Gasteiger charge is -2.13. The molecule has 2 rings (SSSR count). The highest BCUT2D eigenvalue weighted by atomic mass is 16.7. The maximum Gasteiger partial charge on any atom is 0.340 e. The van der Waals surface area contributed by atoms with Crippen LogP contribution in [0.15, 0.2) is 47.6 Å². The summed E-state index contributed by atoms with van der Waals surface area (Å²) >= 11 is 0. The minimum Gasteiger partial charge on any atom is -0.384 e. The molecule has 2 aromatic rings. The fraction of sp³-hybridized carbons (Fsp3) is 0.294. The second-order valence-corrected chi connectivity index (χ2v) is 6.03. The van der Waals surface area contributed by atoms with Gasteiger partial charge in [-0.1, -0.05) is 47.6 Å². The van der Waals surface area contributed by atoms with Gasteiger partial charge < -0.3 is 10.6 Å². The number of oxime groups is 1. The number of fused-ring (bicyclic) bond motifs is 1. The van der Waals surface area contributed by atoms with E-state index < -0.39 is 11.4 Å². The van der Waals surface area contributed by atoms with E-state index in [1.54, 1.807) is 20.8 Å². The molecule has 0 aliphatic rings. The van der Waals surface area contributed by atoms with Gasteiger partial charge in [0.1, 0.15) is 5.84 Å². The van der Waals surface area contributed by atoms with E-state index in [1.165, 1.54) is 0 Å². The third-order valence-electron chi connectivity index (χ3n) is 3.11. The Kier molecular flexibility index (Phi) is 4.26. The normalized spacial score (nSPS) is 12.4. The van der Waals surface area contributed by atoms with Crippen LogP contribution in [-0.4, -0.2) is 11.8 Å². The van der Waals surface area contributed by atoms with Crippen LogP contribution in [0.4, 0.5) is 0 Å². The Morgan fingerprint density at radius 3 is 2.52 bits per heavy atom. The molecule has 4 heteroatoms. The van der Waals surface area contributed by atoms with Crippen LogP contribution < -0.4 is 5.73 Å². The Bertz CT molecular complexity index is 679. The molecule has 0 spiro atoms. The average molecular weight is 284 g/mol. The van der Waals surface area contributed by atoms with Gasteiger partial charge in [0.2, 0.25) is 0 Å². The first kappa shape index (κ1) is 15.0. The zero-order valence-electron chi connectivity index (χ0n) is 12.6. The Labute approximate surface area is 124 Å². The van der Waals surface area contributed by atoms with Crippen molar-refractivity contribution in [3.8, 4) is 0 Å². The standard InChI is InChI=1S/C17H20N2O2/c1-17(2,3)16(20)21-19-15(18)11-13-9-6-8-12-7-4-5-10-14(12)13/h4-10H,11H2,1-3H3,(H2,18,19). The molecule has 110 valence electrons. The van der Waals surface area contributed by atoms with Gasteiger partial charge >= 0.3 is 5.97 Å². The second-order valence-electron chi connectivity index (χ2n) is 6.03. The lowest BCUT2D eigenvalue weighted by Crippen LogP contribution is -2.23. The monoisotopic (exact) mass is 284 g/mol. The van der Waals surface area contributed by atoms with Gasteiger partial charge in [-0.25, -0.2) is 4.79 Å². The Balaban J connectivity index is 2.15. The highest BCUT2D eigenvalue weighted by Gasteiger charge is 2.23. The molecule has 2 aromatic carbocycles. The largest absolute Gasteiger partial charge is 0.384 e. The lowest BCUT2D eigenvalue weighted by molar-refractivity contribution is -0.152. The van der Waals surface area contributed by atoms with E-state index in [1.807, 2.05) is 42.5 Å². The molecule has 2 N–H and O–H groups in total. The summed E-state index contributed by atoms with van der Waals surface area (Å²) in [5.74, 6) is -0.118. The van der Waals surface area contributed by atoms with Crippen molar-refractivity contribution in [3.63, 3.8) is 0 Å². The number of hydrogen-bond acceptors (Lipinski definition) is 3. The maximum absolute atomic E-state index is 11.6. The summed E-state index contributed by atoms with van der Waals surface area (Å²) < 4.78 is 0. The summed E-state index contributed by atoms with van der Waals surface area (Å²) in [4.78, 5) is 16.5. The maximum atomic E-state index is 11.6. The average Bonchev–Trinajstić information content (AvgIpc) is 2.44. The smallest absolute Gasteiger partial charge is 0.340 e. The van der Waals surface area contributed by atoms with Crippen LogP contribution in [0.25, 0.3) is 10.8 Å². The first-order chi connectivity index (χ1) is 9.88. The van der Waals surface area contributed by atoms with E-state index in [9.17, 15) is 4.79 Å². The number of hydrogen-bond donors (Lipinski definition) is 1. The lowest BCUT2D eigenvalue weighted by atomic mass is 9.98. The van der Waals surface area contributed by atoms with Gasteiger partial charge in [0, 0.05) is 6.42 Å². The number of amidine groups is 1. The number of nitrogens with zero attached hydrogens (tertiary/aromatic N) is 1. The predicted octanol–water partition coefficient (Wildman–Crippen LogP) is 3.24. The van der Waals surface area contributed by atoms with Gasteiger partial charge in [-0.2, -0.15) is 0 Å². The van der Waals surface area contributed by atoms with E-state index in [2.05, 4.69) is 5.16 Å². The zero-order chi connectivity index (χ0) is 15.5. The van der Waals surface area contributed by atoms with Gasteiger partial charge in [0.25, 0.3) is 0 Å². The number of rotatable bonds is 3. The molecule has 0 aliphatic carbocycles. The number of nitrogens with two attached hydrogens (primary N) is 1. The van der Waals surface area contributed by atoms with Crippen molar-refractivity contribution in [2.75, 3.05) is 0 Å². The summed E-state index contributed by atoms with van der Waals surface area (Å²) in [7, 11) is 0. The molecule has 0 saturated heterocycles. The first-order valence-electron chi connectivity index (χ1n) is 6.88. The van der Waals surface area contributed by atoms with Crippen molar-refractivity contribution in [2.45, 2.75) is 27.2 Å². The molecule has 21 heavy (non-hydrogen) atoms. The summed E-state index contributed by atoms with van der Waals surface area (Å²) in [6.45, 7) is 5.31. The third kappa shape index (κ3) is 3.81. The third-order valence-corrected chi connectivity index (χ3v) is 3.11. The Hall–Kier alpha value is -2.36. The molecule has 0 atom stereocenters. The van der Waals surface area contributed by atoms with Crippen molar-refractivity contribution < 1.29 is 9.63 Å². The van der Waals surface area contributed by atoms with Crippen LogP contribution in [0.5, 0.6) is 0 Å². The second kappa shape index (κ2) is 5.95. The highest BCUT2D eigenvalue weighted by Crippen LogP contribution is 2.19. The van der Waals surface area contributed by atoms with Crippen LogP contribution >= 0.6 is 0 Å². The van der Waals surface area contributed by atoms with E-state index in [4.69, 9.17) is 10.6 Å². The highest BCUT2D eigenvalue weighted by molar-refractivity contribution is 5.91. The van der Waals surface area contributed by atoms with E-state index in [0.29, 0.717) is 6.42 Å². The zero-order valence-corrected chi connectivity index (χ0v) is 12.6. The molecule has 0 aliphatic heterocycles. The molecule has 0 radical (unpaired) electrons. The molecule has 0 saturated carbocycles. The summed E-state index contributed by atoms with van der Waals surface area (Å²) in [6, 6.07) is 14.1. The van der Waals surface area contributed by atoms with Crippen LogP contribution in [0.3, 0.4) is 0 Å². The SMILES string of the molecule is CC(C)(C)C(=O)O/N=C(\N)Cc1cccc2ccccc12. The van der Waals surface area contributed by atoms with Gasteiger partial charge in [0.05, 0.1) is 5.41 Å². The number of carbonyl (C=O) groups is 1. The molecular formula is C17H20N2O2. The van der Waals surface area contributed by atoms with E-state index >= 15 is 0 Å². The Morgan fingerprint density at radius 2 is 1.81 bits per heavy atom. The Morgan fingerprint density at radius 1 is 1.14 bits per heavy atom. The van der Waals surface area contributed by atoms with Crippen molar-refractivity contribution >= 4 is 22.6 Å². The molecule has 0 heterocycles. The quantitative estimate of drug-likeness (QED) is 0.407. The van der Waals surface area contributed by atoms with Gasteiger partial charge in [-0.05, 0) is 37.1 Å². The van der Waals surface area contributed by atoms with Crippen molar-refractivity contribution in [3.05, 3.63) is 48.0 Å². The van der Waals surface area contributed by atoms with Crippen LogP contribution in [0.2, 0.25) is 0 Å². The fourth-order valence-electron chi connectivity index (χ4n) is 1.91. The molecule has 0 amide bonds. The molecule has 4 nitrogen and oxygen atoms in total.